The predicted molar refractivity (Wildman–Crippen MR) is 200 cm³/mol. The number of carbonyl (C=O) groups excluding carboxylic acids is 2. The van der Waals surface area contributed by atoms with Gasteiger partial charge < -0.3 is 9.47 Å². The van der Waals surface area contributed by atoms with Crippen molar-refractivity contribution in [1.29, 1.82) is 0 Å². The summed E-state index contributed by atoms with van der Waals surface area (Å²) in [6.07, 6.45) is 28.3. The number of benzene rings is 2. The molecular weight excluding hydrogens is 599 g/mol. The molecule has 0 amide bonds. The molecular formula is C42H55O4P. The third-order valence-corrected chi connectivity index (χ3v) is 14.4. The van der Waals surface area contributed by atoms with Crippen molar-refractivity contribution in [2.45, 2.75) is 103 Å². The molecule has 47 heavy (non-hydrogen) atoms. The summed E-state index contributed by atoms with van der Waals surface area (Å²) in [4.78, 5) is 25.3. The lowest BCUT2D eigenvalue weighted by Crippen LogP contribution is -2.25. The second-order valence-electron chi connectivity index (χ2n) is 12.9. The highest BCUT2D eigenvalue weighted by molar-refractivity contribution is 7.89. The van der Waals surface area contributed by atoms with E-state index in [1.54, 1.807) is 12.2 Å². The molecule has 0 unspecified atom stereocenters. The molecule has 0 bridgehead atoms. The molecule has 4 nitrogen and oxygen atoms in total. The van der Waals surface area contributed by atoms with Gasteiger partial charge in [-0.25, -0.2) is 0 Å². The molecule has 0 aromatic heterocycles. The third-order valence-electron chi connectivity index (χ3n) is 9.76. The molecule has 2 aliphatic rings. The quantitative estimate of drug-likeness (QED) is 0.0811. The van der Waals surface area contributed by atoms with E-state index < -0.39 is 6.89 Å². The fourth-order valence-corrected chi connectivity index (χ4v) is 11.7. The van der Waals surface area contributed by atoms with E-state index in [-0.39, 0.29) is 23.1 Å². The van der Waals surface area contributed by atoms with Crippen LogP contribution in [0.25, 0.3) is 0 Å². The summed E-state index contributed by atoms with van der Waals surface area (Å²) in [6, 6.07) is 22.6. The largest absolute Gasteiger partial charge is 0.489 e. The first kappa shape index (κ1) is 36.5. The van der Waals surface area contributed by atoms with E-state index in [0.29, 0.717) is 17.6 Å². The Labute approximate surface area is 284 Å². The number of hydrogen-bond acceptors (Lipinski definition) is 4. The smallest absolute Gasteiger partial charge is 0.228 e. The van der Waals surface area contributed by atoms with Gasteiger partial charge in [0.15, 0.2) is 0 Å². The van der Waals surface area contributed by atoms with E-state index in [1.807, 2.05) is 0 Å². The molecule has 5 heteroatoms. The first-order chi connectivity index (χ1) is 23.0. The normalized spacial score (nSPS) is 15.2. The average Bonchev–Trinajstić information content (AvgIpc) is 3.12. The summed E-state index contributed by atoms with van der Waals surface area (Å²) in [6.45, 7) is 0.0728. The summed E-state index contributed by atoms with van der Waals surface area (Å²) in [5.74, 6) is -0.382. The van der Waals surface area contributed by atoms with E-state index >= 15 is 0 Å². The fourth-order valence-electron chi connectivity index (χ4n) is 7.12. The molecule has 0 atom stereocenters. The Kier molecular flexibility index (Phi) is 15.1. The van der Waals surface area contributed by atoms with Crippen molar-refractivity contribution in [2.24, 2.45) is 0 Å². The summed E-state index contributed by atoms with van der Waals surface area (Å²) >= 11 is 0. The Balaban J connectivity index is 1.11. The van der Waals surface area contributed by atoms with Gasteiger partial charge in [0.25, 0.3) is 0 Å². The van der Waals surface area contributed by atoms with Gasteiger partial charge in [-0.3, -0.25) is 9.59 Å². The number of ketones is 2. The number of allylic oxidation sites excluding steroid dienone is 6. The zero-order valence-electron chi connectivity index (χ0n) is 29.0. The van der Waals surface area contributed by atoms with Crippen molar-refractivity contribution in [3.8, 4) is 0 Å². The molecule has 0 N–H and O–H groups in total. The Bertz CT molecular complexity index is 1450. The molecule has 2 aromatic carbocycles. The highest BCUT2D eigenvalue weighted by Crippen LogP contribution is 2.49. The van der Waals surface area contributed by atoms with Crippen LogP contribution in [0, 0.1) is 0 Å². The van der Waals surface area contributed by atoms with E-state index in [2.05, 4.69) is 85.0 Å². The number of hydrogen-bond donors (Lipinski definition) is 0. The van der Waals surface area contributed by atoms with Crippen LogP contribution in [0.15, 0.2) is 108 Å². The number of carbonyl (C=O) groups is 2. The van der Waals surface area contributed by atoms with Crippen LogP contribution in [0.1, 0.15) is 103 Å². The van der Waals surface area contributed by atoms with E-state index in [1.165, 1.54) is 102 Å². The van der Waals surface area contributed by atoms with Gasteiger partial charge in [0, 0.05) is 11.1 Å². The highest BCUT2D eigenvalue weighted by atomic mass is 31.2. The van der Waals surface area contributed by atoms with Crippen LogP contribution < -0.4 is 10.6 Å². The monoisotopic (exact) mass is 654 g/mol. The minimum absolute atomic E-state index is 0.0219. The van der Waals surface area contributed by atoms with E-state index in [9.17, 15) is 9.59 Å². The molecule has 2 aromatic rings. The van der Waals surface area contributed by atoms with Crippen molar-refractivity contribution in [1.82, 2.24) is 0 Å². The van der Waals surface area contributed by atoms with Gasteiger partial charge in [0.2, 0.25) is 23.1 Å². The summed E-state index contributed by atoms with van der Waals surface area (Å²) in [7, 11) is 2.81. The number of Topliss-reactive ketones (excluding diaryl/α,β-unsaturated/α-hetero) is 2. The summed E-state index contributed by atoms with van der Waals surface area (Å²) in [5, 5.41) is 4.65. The lowest BCUT2D eigenvalue weighted by atomic mass is 9.89. The minimum Gasteiger partial charge on any atom is -0.489 e. The predicted octanol–water partition coefficient (Wildman–Crippen LogP) is 9.78. The fraction of sp³-hybridized carbons (Fsp3) is 0.452. The van der Waals surface area contributed by atoms with Crippen molar-refractivity contribution in [3.05, 3.63) is 108 Å². The Morgan fingerprint density at radius 3 is 1.53 bits per heavy atom. The van der Waals surface area contributed by atoms with Crippen molar-refractivity contribution in [2.75, 3.05) is 20.4 Å². The third kappa shape index (κ3) is 9.60. The maximum absolute atomic E-state index is 12.8. The minimum atomic E-state index is -1.65. The zero-order chi connectivity index (χ0) is 33.3. The molecule has 0 saturated heterocycles. The van der Waals surface area contributed by atoms with Crippen molar-refractivity contribution in [3.63, 3.8) is 0 Å². The molecule has 2 aliphatic carbocycles. The molecule has 0 heterocycles. The van der Waals surface area contributed by atoms with Gasteiger partial charge in [0.1, 0.15) is 0 Å². The number of methoxy groups -OCH3 is 2. The number of rotatable bonds is 20. The second kappa shape index (κ2) is 19.5. The van der Waals surface area contributed by atoms with Crippen LogP contribution >= 0.6 is 6.89 Å². The van der Waals surface area contributed by atoms with E-state index in [4.69, 9.17) is 9.47 Å². The molecule has 0 spiro atoms. The highest BCUT2D eigenvalue weighted by Gasteiger charge is 2.34. The Hall–Kier alpha value is -3.36. The van der Waals surface area contributed by atoms with Crippen LogP contribution in [0.5, 0.6) is 0 Å². The van der Waals surface area contributed by atoms with E-state index in [0.717, 1.165) is 19.3 Å². The lowest BCUT2D eigenvalue weighted by Gasteiger charge is -2.32. The van der Waals surface area contributed by atoms with Gasteiger partial charge in [-0.15, -0.1) is 0 Å². The number of unbranched alkanes of at least 4 members (excludes halogenated alkanes) is 12. The molecule has 252 valence electrons. The van der Waals surface area contributed by atoms with Crippen LogP contribution in [0.4, 0.5) is 0 Å². The van der Waals surface area contributed by atoms with Crippen LogP contribution in [0.3, 0.4) is 0 Å². The molecule has 0 radical (unpaired) electrons. The van der Waals surface area contributed by atoms with Gasteiger partial charge >= 0.3 is 0 Å². The van der Waals surface area contributed by atoms with Crippen LogP contribution in [-0.4, -0.2) is 37.2 Å². The summed E-state index contributed by atoms with van der Waals surface area (Å²) < 4.78 is 10.3. The average molecular weight is 655 g/mol. The van der Waals surface area contributed by atoms with Gasteiger partial charge in [-0.2, -0.15) is 0 Å². The summed E-state index contributed by atoms with van der Waals surface area (Å²) in [5.41, 5.74) is 1.08. The van der Waals surface area contributed by atoms with Crippen LogP contribution in [0.2, 0.25) is 0 Å². The standard InChI is InChI=1S/C42H55O4P/c1-34-38(40(44)42(46-3)41(45-2)39(34)43)32-24-13-11-9-7-5-4-6-8-10-12-14-25-33-47(35-26-18-15-19-27-35,36-28-20-16-21-29-36)37-30-22-17-23-31-37/h15-23,26-30H,4-14,24-25,31-33H2,1-3H3. The Morgan fingerprint density at radius 1 is 0.596 bits per heavy atom. The van der Waals surface area contributed by atoms with Gasteiger partial charge in [-0.1, -0.05) is 156 Å². The van der Waals surface area contributed by atoms with Crippen LogP contribution in [-0.2, 0) is 19.1 Å². The molecule has 0 saturated carbocycles. The van der Waals surface area contributed by atoms with Crippen molar-refractivity contribution < 1.29 is 19.1 Å². The number of ether oxygens (including phenoxy) is 2. The zero-order valence-corrected chi connectivity index (χ0v) is 29.9. The molecule has 0 aliphatic heterocycles. The maximum Gasteiger partial charge on any atom is 0.228 e. The molecule has 0 fully saturated rings. The first-order valence-corrected chi connectivity index (χ1v) is 19.8. The first-order valence-electron chi connectivity index (χ1n) is 17.8. The lowest BCUT2D eigenvalue weighted by molar-refractivity contribution is -0.121. The molecule has 4 rings (SSSR count). The maximum atomic E-state index is 12.8. The second-order valence-corrected chi connectivity index (χ2v) is 16.5. The Morgan fingerprint density at radius 2 is 1.06 bits per heavy atom. The van der Waals surface area contributed by atoms with Crippen molar-refractivity contribution >= 4 is 34.4 Å². The van der Waals surface area contributed by atoms with Gasteiger partial charge in [0.05, 0.1) is 14.2 Å². The SMILES string of the molecule is COC1=C(OC)C(=O)C(CCCCCCCCCCCCCCCP(=C2C=CC=CC2)(c2ccccc2)c2ccccc2)=C(C)C1=O. The topological polar surface area (TPSA) is 52.6 Å². The van der Waals surface area contributed by atoms with Gasteiger partial charge in [-0.05, 0) is 61.6 Å².